The molecule has 4 nitrogen and oxygen atoms in total. The van der Waals surface area contributed by atoms with Crippen LogP contribution in [0.4, 0.5) is 0 Å². The Labute approximate surface area is 110 Å². The van der Waals surface area contributed by atoms with Gasteiger partial charge in [-0.25, -0.2) is 0 Å². The molecule has 0 aromatic carbocycles. The van der Waals surface area contributed by atoms with Crippen molar-refractivity contribution in [1.29, 1.82) is 0 Å². The predicted octanol–water partition coefficient (Wildman–Crippen LogP) is 1.45. The van der Waals surface area contributed by atoms with E-state index < -0.39 is 0 Å². The van der Waals surface area contributed by atoms with Gasteiger partial charge in [0, 0.05) is 26.3 Å². The highest BCUT2D eigenvalue weighted by Gasteiger charge is 2.40. The van der Waals surface area contributed by atoms with Gasteiger partial charge in [0.2, 0.25) is 5.91 Å². The highest BCUT2D eigenvalue weighted by atomic mass is 16.5. The average Bonchev–Trinajstić information content (AvgIpc) is 3.05. The number of methoxy groups -OCH3 is 1. The Morgan fingerprint density at radius 1 is 1.39 bits per heavy atom. The molecule has 1 amide bonds. The summed E-state index contributed by atoms with van der Waals surface area (Å²) in [5, 5.41) is 6.58. The summed E-state index contributed by atoms with van der Waals surface area (Å²) in [5.41, 5.74) is -0.144. The molecule has 1 saturated heterocycles. The van der Waals surface area contributed by atoms with Gasteiger partial charge in [-0.1, -0.05) is 12.8 Å². The summed E-state index contributed by atoms with van der Waals surface area (Å²) in [5.74, 6) is 0.255. The lowest BCUT2D eigenvalue weighted by Gasteiger charge is -2.28. The van der Waals surface area contributed by atoms with Crippen LogP contribution in [0.1, 0.15) is 44.9 Å². The zero-order valence-corrected chi connectivity index (χ0v) is 11.5. The second-order valence-corrected chi connectivity index (χ2v) is 5.73. The van der Waals surface area contributed by atoms with E-state index in [2.05, 4.69) is 10.6 Å². The van der Waals surface area contributed by atoms with E-state index >= 15 is 0 Å². The van der Waals surface area contributed by atoms with E-state index in [9.17, 15) is 4.79 Å². The Bertz CT molecular complexity index is 269. The molecule has 0 bridgehead atoms. The van der Waals surface area contributed by atoms with Crippen molar-refractivity contribution in [2.45, 2.75) is 51.0 Å². The molecule has 1 atom stereocenters. The maximum absolute atomic E-state index is 12.4. The summed E-state index contributed by atoms with van der Waals surface area (Å²) < 4.78 is 5.16. The van der Waals surface area contributed by atoms with Gasteiger partial charge in [-0.15, -0.1) is 0 Å². The van der Waals surface area contributed by atoms with Gasteiger partial charge in [0.1, 0.15) is 0 Å². The third-order valence-corrected chi connectivity index (χ3v) is 4.50. The van der Waals surface area contributed by atoms with Crippen molar-refractivity contribution in [1.82, 2.24) is 10.6 Å². The van der Waals surface area contributed by atoms with E-state index in [0.29, 0.717) is 12.6 Å². The van der Waals surface area contributed by atoms with Crippen LogP contribution >= 0.6 is 0 Å². The van der Waals surface area contributed by atoms with Crippen molar-refractivity contribution in [2.75, 3.05) is 26.8 Å². The Morgan fingerprint density at radius 2 is 2.17 bits per heavy atom. The van der Waals surface area contributed by atoms with Gasteiger partial charge in [-0.2, -0.15) is 0 Å². The molecule has 2 fully saturated rings. The zero-order chi connectivity index (χ0) is 12.8. The molecule has 18 heavy (non-hydrogen) atoms. The Hall–Kier alpha value is -0.610. The highest BCUT2D eigenvalue weighted by Crippen LogP contribution is 2.41. The van der Waals surface area contributed by atoms with Gasteiger partial charge < -0.3 is 15.4 Å². The van der Waals surface area contributed by atoms with Crippen molar-refractivity contribution < 1.29 is 9.53 Å². The number of carbonyl (C=O) groups is 1. The molecule has 2 aliphatic rings. The maximum atomic E-state index is 12.4. The van der Waals surface area contributed by atoms with Gasteiger partial charge in [0.15, 0.2) is 0 Å². The lowest BCUT2D eigenvalue weighted by molar-refractivity contribution is -0.132. The molecule has 1 saturated carbocycles. The van der Waals surface area contributed by atoms with Crippen LogP contribution in [0.2, 0.25) is 0 Å². The Kier molecular flexibility index (Phi) is 5.01. The van der Waals surface area contributed by atoms with Crippen LogP contribution in [-0.2, 0) is 9.53 Å². The molecule has 0 aromatic heterocycles. The fraction of sp³-hybridized carbons (Fsp3) is 0.929. The largest absolute Gasteiger partial charge is 0.385 e. The van der Waals surface area contributed by atoms with Crippen molar-refractivity contribution in [2.24, 2.45) is 5.41 Å². The van der Waals surface area contributed by atoms with Crippen LogP contribution in [0.3, 0.4) is 0 Å². The molecular weight excluding hydrogens is 228 g/mol. The molecule has 2 rings (SSSR count). The van der Waals surface area contributed by atoms with E-state index in [4.69, 9.17) is 4.74 Å². The number of nitrogens with one attached hydrogen (secondary N) is 2. The highest BCUT2D eigenvalue weighted by molar-refractivity contribution is 5.82. The minimum absolute atomic E-state index is 0.144. The third kappa shape index (κ3) is 3.23. The number of carbonyl (C=O) groups excluding carboxylic acids is 1. The molecule has 1 heterocycles. The summed E-state index contributed by atoms with van der Waals surface area (Å²) in [6.45, 7) is 2.57. The minimum Gasteiger partial charge on any atom is -0.385 e. The number of hydrogen-bond acceptors (Lipinski definition) is 3. The normalized spacial score (nSPS) is 26.4. The maximum Gasteiger partial charge on any atom is 0.226 e. The molecule has 4 heteroatoms. The van der Waals surface area contributed by atoms with Gasteiger partial charge in [0.25, 0.3) is 0 Å². The molecule has 1 aliphatic carbocycles. The molecule has 104 valence electrons. The lowest BCUT2D eigenvalue weighted by Crippen LogP contribution is -2.44. The summed E-state index contributed by atoms with van der Waals surface area (Å²) in [7, 11) is 1.71. The third-order valence-electron chi connectivity index (χ3n) is 4.50. The first-order valence-corrected chi connectivity index (χ1v) is 7.27. The Morgan fingerprint density at radius 3 is 2.78 bits per heavy atom. The average molecular weight is 254 g/mol. The second kappa shape index (κ2) is 6.53. The van der Waals surface area contributed by atoms with Crippen LogP contribution < -0.4 is 10.6 Å². The molecule has 0 spiro atoms. The summed E-state index contributed by atoms with van der Waals surface area (Å²) in [6, 6.07) is 0.481. The van der Waals surface area contributed by atoms with Gasteiger partial charge in [-0.05, 0) is 38.6 Å². The van der Waals surface area contributed by atoms with Crippen molar-refractivity contribution >= 4 is 5.91 Å². The van der Waals surface area contributed by atoms with Crippen molar-refractivity contribution in [3.8, 4) is 0 Å². The molecule has 1 unspecified atom stereocenters. The fourth-order valence-corrected chi connectivity index (χ4v) is 3.27. The number of hydrogen-bond donors (Lipinski definition) is 2. The van der Waals surface area contributed by atoms with E-state index in [1.165, 1.54) is 25.7 Å². The van der Waals surface area contributed by atoms with Crippen LogP contribution in [0, 0.1) is 5.41 Å². The number of amides is 1. The van der Waals surface area contributed by atoms with Crippen LogP contribution in [0.15, 0.2) is 0 Å². The monoisotopic (exact) mass is 254 g/mol. The first-order chi connectivity index (χ1) is 8.77. The number of rotatable bonds is 6. The standard InChI is InChI=1S/C14H26N2O2/c1-18-10-8-14(6-2-3-7-14)13(17)16-11-12-5-4-9-15-12/h12,15H,2-11H2,1H3,(H,16,17). The van der Waals surface area contributed by atoms with Crippen molar-refractivity contribution in [3.05, 3.63) is 0 Å². The molecule has 2 N–H and O–H groups in total. The topological polar surface area (TPSA) is 50.4 Å². The smallest absolute Gasteiger partial charge is 0.226 e. The summed E-state index contributed by atoms with van der Waals surface area (Å²) in [6.07, 6.45) is 7.70. The van der Waals surface area contributed by atoms with Crippen LogP contribution in [0.25, 0.3) is 0 Å². The van der Waals surface area contributed by atoms with Gasteiger partial charge >= 0.3 is 0 Å². The van der Waals surface area contributed by atoms with Crippen LogP contribution in [-0.4, -0.2) is 38.8 Å². The SMILES string of the molecule is COCCC1(C(=O)NCC2CCCN2)CCCC1. The quantitative estimate of drug-likeness (QED) is 0.754. The first kappa shape index (κ1) is 13.8. The van der Waals surface area contributed by atoms with E-state index in [-0.39, 0.29) is 11.3 Å². The molecular formula is C14H26N2O2. The lowest BCUT2D eigenvalue weighted by atomic mass is 9.82. The van der Waals surface area contributed by atoms with E-state index in [1.54, 1.807) is 7.11 Å². The van der Waals surface area contributed by atoms with Crippen molar-refractivity contribution in [3.63, 3.8) is 0 Å². The summed E-state index contributed by atoms with van der Waals surface area (Å²) in [4.78, 5) is 12.4. The predicted molar refractivity (Wildman–Crippen MR) is 71.4 cm³/mol. The van der Waals surface area contributed by atoms with Gasteiger partial charge in [-0.3, -0.25) is 4.79 Å². The first-order valence-electron chi connectivity index (χ1n) is 7.27. The minimum atomic E-state index is -0.144. The van der Waals surface area contributed by atoms with Crippen LogP contribution in [0.5, 0.6) is 0 Å². The fourth-order valence-electron chi connectivity index (χ4n) is 3.27. The molecule has 1 aliphatic heterocycles. The van der Waals surface area contributed by atoms with Gasteiger partial charge in [0.05, 0.1) is 5.41 Å². The molecule has 0 aromatic rings. The Balaban J connectivity index is 1.83. The zero-order valence-electron chi connectivity index (χ0n) is 11.5. The second-order valence-electron chi connectivity index (χ2n) is 5.73. The van der Waals surface area contributed by atoms with E-state index in [0.717, 1.165) is 32.4 Å². The number of ether oxygens (including phenoxy) is 1. The summed E-state index contributed by atoms with van der Waals surface area (Å²) >= 11 is 0. The molecule has 0 radical (unpaired) electrons. The van der Waals surface area contributed by atoms with E-state index in [1.807, 2.05) is 0 Å².